The smallest absolute Gasteiger partial charge is 0.172 e. The average molecular weight is 386 g/mol. The van der Waals surface area contributed by atoms with Gasteiger partial charge in [-0.1, -0.05) is 57.3 Å². The topological polar surface area (TPSA) is 25.8 Å². The molecule has 2 heterocycles. The van der Waals surface area contributed by atoms with Crippen LogP contribution in [0, 0.1) is 0 Å². The first-order valence-electron chi connectivity index (χ1n) is 5.68. The lowest BCUT2D eigenvalue weighted by molar-refractivity contribution is 1.19. The molecule has 0 bridgehead atoms. The largest absolute Gasteiger partial charge is 0.215 e. The van der Waals surface area contributed by atoms with Crippen molar-refractivity contribution in [3.05, 3.63) is 56.6 Å². The van der Waals surface area contributed by atoms with Gasteiger partial charge in [0.2, 0.25) is 0 Å². The van der Waals surface area contributed by atoms with Crippen LogP contribution in [0.2, 0.25) is 10.3 Å². The summed E-state index contributed by atoms with van der Waals surface area (Å²) in [5, 5.41) is 2.67. The number of hydrogen-bond acceptors (Lipinski definition) is 3. The molecule has 2 aromatic heterocycles. The highest BCUT2D eigenvalue weighted by Crippen LogP contribution is 2.35. The second-order valence-electron chi connectivity index (χ2n) is 3.99. The van der Waals surface area contributed by atoms with Crippen LogP contribution < -0.4 is 0 Å². The predicted molar refractivity (Wildman–Crippen MR) is 88.5 cm³/mol. The predicted octanol–water partition coefficient (Wildman–Crippen LogP) is 5.94. The molecule has 2 nitrogen and oxygen atoms in total. The molecule has 6 heteroatoms. The number of nitrogens with zero attached hydrogens (tertiary/aromatic N) is 2. The Kier molecular flexibility index (Phi) is 4.08. The summed E-state index contributed by atoms with van der Waals surface area (Å²) < 4.78 is 0.949. The highest BCUT2D eigenvalue weighted by atomic mass is 79.9. The maximum atomic E-state index is 6.29. The van der Waals surface area contributed by atoms with Gasteiger partial charge in [-0.05, 0) is 29.1 Å². The Labute approximate surface area is 138 Å². The van der Waals surface area contributed by atoms with Gasteiger partial charge in [0.05, 0.1) is 10.4 Å². The Morgan fingerprint density at radius 1 is 1.00 bits per heavy atom. The van der Waals surface area contributed by atoms with E-state index < -0.39 is 0 Å². The first-order chi connectivity index (χ1) is 9.65. The molecule has 100 valence electrons. The minimum atomic E-state index is 0.353. The van der Waals surface area contributed by atoms with Gasteiger partial charge < -0.3 is 0 Å². The standard InChI is InChI=1S/C14H7BrCl2N2S/c15-9-4-1-3-8(7-9)11-12(16)18-14(19-13(11)17)10-5-2-6-20-10/h1-7H. The lowest BCUT2D eigenvalue weighted by Gasteiger charge is -2.08. The quantitative estimate of drug-likeness (QED) is 0.510. The number of thiophene rings is 1. The first-order valence-corrected chi connectivity index (χ1v) is 8.11. The average Bonchev–Trinajstić information content (AvgIpc) is 2.91. The second-order valence-corrected chi connectivity index (χ2v) is 6.57. The zero-order valence-corrected chi connectivity index (χ0v) is 13.9. The summed E-state index contributed by atoms with van der Waals surface area (Å²) >= 11 is 17.6. The van der Waals surface area contributed by atoms with Crippen molar-refractivity contribution >= 4 is 50.5 Å². The Hall–Kier alpha value is -0.940. The molecule has 0 unspecified atom stereocenters. The van der Waals surface area contributed by atoms with Gasteiger partial charge in [-0.2, -0.15) is 0 Å². The van der Waals surface area contributed by atoms with Gasteiger partial charge in [0.15, 0.2) is 5.82 Å². The van der Waals surface area contributed by atoms with Gasteiger partial charge in [0.25, 0.3) is 0 Å². The molecule has 1 aromatic carbocycles. The maximum absolute atomic E-state index is 6.29. The SMILES string of the molecule is Clc1nc(-c2cccs2)nc(Cl)c1-c1cccc(Br)c1. The third-order valence-corrected chi connectivity index (χ3v) is 4.58. The van der Waals surface area contributed by atoms with Crippen LogP contribution in [0.25, 0.3) is 21.8 Å². The fourth-order valence-corrected chi connectivity index (χ4v) is 3.47. The molecule has 0 amide bonds. The van der Waals surface area contributed by atoms with Crippen molar-refractivity contribution in [2.75, 3.05) is 0 Å². The van der Waals surface area contributed by atoms with Crippen molar-refractivity contribution in [2.24, 2.45) is 0 Å². The summed E-state index contributed by atoms with van der Waals surface area (Å²) in [5.74, 6) is 0.550. The molecule has 0 N–H and O–H groups in total. The Balaban J connectivity index is 2.14. The molecule has 0 aliphatic rings. The molecule has 0 fully saturated rings. The highest BCUT2D eigenvalue weighted by molar-refractivity contribution is 9.10. The third-order valence-electron chi connectivity index (χ3n) is 2.68. The van der Waals surface area contributed by atoms with Crippen LogP contribution in [0.4, 0.5) is 0 Å². The van der Waals surface area contributed by atoms with Crippen molar-refractivity contribution in [1.82, 2.24) is 9.97 Å². The summed E-state index contributed by atoms with van der Waals surface area (Å²) in [6.45, 7) is 0. The Bertz CT molecular complexity index is 737. The van der Waals surface area contributed by atoms with Crippen LogP contribution in [-0.2, 0) is 0 Å². The van der Waals surface area contributed by atoms with E-state index in [9.17, 15) is 0 Å². The molecule has 0 saturated heterocycles. The number of hydrogen-bond donors (Lipinski definition) is 0. The van der Waals surface area contributed by atoms with E-state index in [1.807, 2.05) is 41.8 Å². The molecule has 0 spiro atoms. The normalized spacial score (nSPS) is 10.8. The second kappa shape index (κ2) is 5.82. The van der Waals surface area contributed by atoms with E-state index in [0.29, 0.717) is 21.7 Å². The van der Waals surface area contributed by atoms with E-state index in [2.05, 4.69) is 25.9 Å². The van der Waals surface area contributed by atoms with Gasteiger partial charge in [-0.25, -0.2) is 9.97 Å². The van der Waals surface area contributed by atoms with Crippen LogP contribution in [0.15, 0.2) is 46.3 Å². The lowest BCUT2D eigenvalue weighted by Crippen LogP contribution is -1.93. The fraction of sp³-hybridized carbons (Fsp3) is 0. The van der Waals surface area contributed by atoms with Gasteiger partial charge in [-0.3, -0.25) is 0 Å². The third kappa shape index (κ3) is 2.74. The number of rotatable bonds is 2. The zero-order chi connectivity index (χ0) is 14.1. The van der Waals surface area contributed by atoms with E-state index in [4.69, 9.17) is 23.2 Å². The van der Waals surface area contributed by atoms with E-state index in [1.54, 1.807) is 11.3 Å². The zero-order valence-electron chi connectivity index (χ0n) is 9.98. The first kappa shape index (κ1) is 14.0. The van der Waals surface area contributed by atoms with Crippen molar-refractivity contribution in [1.29, 1.82) is 0 Å². The minimum absolute atomic E-state index is 0.353. The Morgan fingerprint density at radius 3 is 2.35 bits per heavy atom. The number of halogens is 3. The maximum Gasteiger partial charge on any atom is 0.172 e. The summed E-state index contributed by atoms with van der Waals surface area (Å²) in [5.41, 5.74) is 1.53. The molecule has 0 aliphatic carbocycles. The molecular weight excluding hydrogens is 379 g/mol. The van der Waals surface area contributed by atoms with Crippen LogP contribution in [-0.4, -0.2) is 9.97 Å². The molecule has 0 radical (unpaired) electrons. The van der Waals surface area contributed by atoms with E-state index >= 15 is 0 Å². The molecule has 3 aromatic rings. The van der Waals surface area contributed by atoms with Gasteiger partial charge in [0.1, 0.15) is 10.3 Å². The molecule has 0 atom stereocenters. The lowest BCUT2D eigenvalue weighted by atomic mass is 10.1. The van der Waals surface area contributed by atoms with Gasteiger partial charge in [-0.15, -0.1) is 11.3 Å². The number of benzene rings is 1. The monoisotopic (exact) mass is 384 g/mol. The van der Waals surface area contributed by atoms with Crippen molar-refractivity contribution in [3.63, 3.8) is 0 Å². The van der Waals surface area contributed by atoms with Crippen molar-refractivity contribution in [2.45, 2.75) is 0 Å². The van der Waals surface area contributed by atoms with Crippen LogP contribution in [0.3, 0.4) is 0 Å². The van der Waals surface area contributed by atoms with Gasteiger partial charge >= 0.3 is 0 Å². The van der Waals surface area contributed by atoms with E-state index in [0.717, 1.165) is 14.9 Å². The highest BCUT2D eigenvalue weighted by Gasteiger charge is 2.15. The summed E-state index contributed by atoms with van der Waals surface area (Å²) in [6.07, 6.45) is 0. The molecule has 0 saturated carbocycles. The van der Waals surface area contributed by atoms with Crippen LogP contribution in [0.1, 0.15) is 0 Å². The molecule has 0 aliphatic heterocycles. The van der Waals surface area contributed by atoms with E-state index in [1.165, 1.54) is 0 Å². The van der Waals surface area contributed by atoms with Gasteiger partial charge in [0, 0.05) is 4.47 Å². The van der Waals surface area contributed by atoms with E-state index in [-0.39, 0.29) is 0 Å². The molecular formula is C14H7BrCl2N2S. The minimum Gasteiger partial charge on any atom is -0.215 e. The van der Waals surface area contributed by atoms with Crippen LogP contribution >= 0.6 is 50.5 Å². The van der Waals surface area contributed by atoms with Crippen molar-refractivity contribution in [3.8, 4) is 21.8 Å². The summed E-state index contributed by atoms with van der Waals surface area (Å²) in [4.78, 5) is 9.63. The summed E-state index contributed by atoms with van der Waals surface area (Å²) in [7, 11) is 0. The number of aromatic nitrogens is 2. The fourth-order valence-electron chi connectivity index (χ4n) is 1.81. The molecule has 20 heavy (non-hydrogen) atoms. The van der Waals surface area contributed by atoms with Crippen molar-refractivity contribution < 1.29 is 0 Å². The summed E-state index contributed by atoms with van der Waals surface area (Å²) in [6, 6.07) is 11.6. The van der Waals surface area contributed by atoms with Crippen LogP contribution in [0.5, 0.6) is 0 Å². The Morgan fingerprint density at radius 2 is 1.75 bits per heavy atom. The molecule has 3 rings (SSSR count).